The summed E-state index contributed by atoms with van der Waals surface area (Å²) in [6.45, 7) is 0.918. The number of anilines is 1. The fourth-order valence-corrected chi connectivity index (χ4v) is 3.73. The van der Waals surface area contributed by atoms with E-state index in [0.29, 0.717) is 23.8 Å². The Morgan fingerprint density at radius 2 is 2.18 bits per heavy atom. The van der Waals surface area contributed by atoms with Crippen LogP contribution in [-0.4, -0.2) is 47.2 Å². The summed E-state index contributed by atoms with van der Waals surface area (Å²) < 4.78 is 0.950. The zero-order valence-electron chi connectivity index (χ0n) is 15.6. The van der Waals surface area contributed by atoms with E-state index >= 15 is 0 Å². The van der Waals surface area contributed by atoms with Crippen molar-refractivity contribution in [1.29, 1.82) is 0 Å². The Labute approximate surface area is 172 Å². The van der Waals surface area contributed by atoms with Gasteiger partial charge in [0.05, 0.1) is 6.54 Å². The number of amides is 1. The van der Waals surface area contributed by atoms with Crippen molar-refractivity contribution in [2.24, 2.45) is 5.73 Å². The molecule has 8 heteroatoms. The van der Waals surface area contributed by atoms with Crippen molar-refractivity contribution >= 4 is 40.0 Å². The molecule has 1 amide bonds. The van der Waals surface area contributed by atoms with Gasteiger partial charge in [0.15, 0.2) is 5.82 Å². The van der Waals surface area contributed by atoms with E-state index in [4.69, 9.17) is 5.73 Å². The molecule has 0 aliphatic heterocycles. The molecule has 1 aromatic heterocycles. The number of aromatic nitrogens is 2. The predicted molar refractivity (Wildman–Crippen MR) is 112 cm³/mol. The van der Waals surface area contributed by atoms with Crippen molar-refractivity contribution in [2.45, 2.75) is 18.3 Å². The molecule has 0 atom stereocenters. The second-order valence-electron chi connectivity index (χ2n) is 7.01. The average molecular weight is 444 g/mol. The zero-order valence-corrected chi connectivity index (χ0v) is 17.1. The molecule has 1 saturated carbocycles. The van der Waals surface area contributed by atoms with Gasteiger partial charge in [-0.15, -0.1) is 0 Å². The van der Waals surface area contributed by atoms with Crippen molar-refractivity contribution in [1.82, 2.24) is 14.9 Å². The van der Waals surface area contributed by atoms with Gasteiger partial charge in [0.25, 0.3) is 0 Å². The summed E-state index contributed by atoms with van der Waals surface area (Å²) in [7, 11) is 1.90. The van der Waals surface area contributed by atoms with E-state index in [0.717, 1.165) is 29.2 Å². The second-order valence-corrected chi connectivity index (χ2v) is 7.93. The third-order valence-electron chi connectivity index (χ3n) is 4.74. The highest BCUT2D eigenvalue weighted by Crippen LogP contribution is 2.50. The molecule has 28 heavy (non-hydrogen) atoms. The fourth-order valence-electron chi connectivity index (χ4n) is 3.36. The van der Waals surface area contributed by atoms with Crippen LogP contribution < -0.4 is 11.1 Å². The molecule has 2 aromatic rings. The molecule has 1 aliphatic rings. The average Bonchev–Trinajstić information content (AvgIpc) is 3.42. The van der Waals surface area contributed by atoms with E-state index < -0.39 is 0 Å². The molecule has 0 saturated heterocycles. The number of nitrogens with two attached hydrogens (primary N) is 1. The number of carbonyl (C=O) groups excluding carboxylic acids is 2. The molecule has 0 unspecified atom stereocenters. The summed E-state index contributed by atoms with van der Waals surface area (Å²) in [6, 6.07) is 7.35. The van der Waals surface area contributed by atoms with Crippen LogP contribution in [0, 0.1) is 0 Å². The summed E-state index contributed by atoms with van der Waals surface area (Å²) in [6.07, 6.45) is 7.36. The van der Waals surface area contributed by atoms with Crippen LogP contribution in [0.4, 0.5) is 5.82 Å². The van der Waals surface area contributed by atoms with E-state index in [9.17, 15) is 9.59 Å². The maximum atomic E-state index is 12.4. The molecule has 1 aliphatic carbocycles. The Morgan fingerprint density at radius 3 is 2.86 bits per heavy atom. The quantitative estimate of drug-likeness (QED) is 0.607. The number of benzene rings is 1. The third-order valence-corrected chi connectivity index (χ3v) is 5.23. The lowest BCUT2D eigenvalue weighted by atomic mass is 9.91. The number of hydrogen-bond donors (Lipinski definition) is 2. The van der Waals surface area contributed by atoms with Gasteiger partial charge in [0.2, 0.25) is 5.91 Å². The lowest BCUT2D eigenvalue weighted by Gasteiger charge is -2.25. The Bertz CT molecular complexity index is 911. The van der Waals surface area contributed by atoms with Gasteiger partial charge in [-0.2, -0.15) is 0 Å². The van der Waals surface area contributed by atoms with E-state index in [1.54, 1.807) is 18.3 Å². The number of nitrogens with zero attached hydrogens (tertiary/aromatic N) is 3. The highest BCUT2D eigenvalue weighted by atomic mass is 79.9. The van der Waals surface area contributed by atoms with Crippen LogP contribution in [0.5, 0.6) is 0 Å². The SMILES string of the molecule is CN(CC(=O)Nc1ccnc(C=CN)n1)CC1(c2cc(Br)ccc2C=O)CC1. The number of likely N-dealkylation sites (N-methyl/N-ethyl adjacent to an activating group) is 1. The van der Waals surface area contributed by atoms with Gasteiger partial charge in [0.1, 0.15) is 12.1 Å². The van der Waals surface area contributed by atoms with Gasteiger partial charge in [-0.25, -0.2) is 9.97 Å². The highest BCUT2D eigenvalue weighted by Gasteiger charge is 2.46. The van der Waals surface area contributed by atoms with E-state index in [-0.39, 0.29) is 17.9 Å². The zero-order chi connectivity index (χ0) is 20.1. The standard InChI is InChI=1S/C20H22BrN5O2/c1-26(11-19(28)25-18-5-9-23-17(24-18)4-8-22)13-20(6-7-20)16-10-15(21)3-2-14(16)12-27/h2-5,8-10,12H,6-7,11,13,22H2,1H3,(H,23,24,25,28). The van der Waals surface area contributed by atoms with Gasteiger partial charge >= 0.3 is 0 Å². The Morgan fingerprint density at radius 1 is 1.39 bits per heavy atom. The van der Waals surface area contributed by atoms with Crippen LogP contribution in [0.2, 0.25) is 0 Å². The van der Waals surface area contributed by atoms with Crippen molar-refractivity contribution in [3.63, 3.8) is 0 Å². The van der Waals surface area contributed by atoms with Crippen LogP contribution in [-0.2, 0) is 10.2 Å². The first-order valence-corrected chi connectivity index (χ1v) is 9.70. The van der Waals surface area contributed by atoms with Crippen molar-refractivity contribution in [3.05, 3.63) is 58.1 Å². The van der Waals surface area contributed by atoms with Gasteiger partial charge < -0.3 is 11.1 Å². The summed E-state index contributed by atoms with van der Waals surface area (Å²) in [5.41, 5.74) is 7.01. The van der Waals surface area contributed by atoms with Gasteiger partial charge in [-0.3, -0.25) is 14.5 Å². The number of aldehydes is 1. The molecule has 1 heterocycles. The summed E-state index contributed by atoms with van der Waals surface area (Å²) >= 11 is 3.49. The van der Waals surface area contributed by atoms with E-state index in [2.05, 4.69) is 31.2 Å². The Kier molecular flexibility index (Phi) is 6.21. The van der Waals surface area contributed by atoms with Gasteiger partial charge in [0, 0.05) is 28.2 Å². The van der Waals surface area contributed by atoms with Gasteiger partial charge in [-0.1, -0.05) is 22.0 Å². The molecule has 7 nitrogen and oxygen atoms in total. The third kappa shape index (κ3) is 4.82. The fraction of sp³-hybridized carbons (Fsp3) is 0.300. The van der Waals surface area contributed by atoms with Crippen LogP contribution in [0.15, 0.2) is 41.1 Å². The van der Waals surface area contributed by atoms with Crippen molar-refractivity contribution < 1.29 is 9.59 Å². The summed E-state index contributed by atoms with van der Waals surface area (Å²) in [5.74, 6) is 0.698. The molecule has 0 spiro atoms. The minimum absolute atomic E-state index is 0.0803. The molecule has 146 valence electrons. The molecular weight excluding hydrogens is 422 g/mol. The number of halogens is 1. The maximum absolute atomic E-state index is 12.4. The number of nitrogens with one attached hydrogen (secondary N) is 1. The van der Waals surface area contributed by atoms with Gasteiger partial charge in [-0.05, 0) is 55.9 Å². The molecule has 1 fully saturated rings. The van der Waals surface area contributed by atoms with Crippen LogP contribution in [0.25, 0.3) is 6.08 Å². The monoisotopic (exact) mass is 443 g/mol. The Hall–Kier alpha value is -2.58. The van der Waals surface area contributed by atoms with E-state index in [1.165, 1.54) is 6.20 Å². The molecule has 3 rings (SSSR count). The maximum Gasteiger partial charge on any atom is 0.239 e. The van der Waals surface area contributed by atoms with Crippen LogP contribution >= 0.6 is 15.9 Å². The lowest BCUT2D eigenvalue weighted by molar-refractivity contribution is -0.117. The molecule has 3 N–H and O–H groups in total. The summed E-state index contributed by atoms with van der Waals surface area (Å²) in [4.78, 5) is 34.0. The molecule has 0 bridgehead atoms. The number of rotatable bonds is 8. The molecule has 0 radical (unpaired) electrons. The lowest BCUT2D eigenvalue weighted by Crippen LogP contribution is -2.36. The first-order valence-electron chi connectivity index (χ1n) is 8.91. The summed E-state index contributed by atoms with van der Waals surface area (Å²) in [5, 5.41) is 2.78. The van der Waals surface area contributed by atoms with Crippen molar-refractivity contribution in [2.75, 3.05) is 25.5 Å². The van der Waals surface area contributed by atoms with Crippen molar-refractivity contribution in [3.8, 4) is 0 Å². The minimum Gasteiger partial charge on any atom is -0.404 e. The largest absolute Gasteiger partial charge is 0.404 e. The molecular formula is C20H22BrN5O2. The first-order chi connectivity index (χ1) is 13.5. The van der Waals surface area contributed by atoms with Crippen LogP contribution in [0.3, 0.4) is 0 Å². The van der Waals surface area contributed by atoms with E-state index in [1.807, 2.05) is 30.1 Å². The topological polar surface area (TPSA) is 101 Å². The first kappa shape index (κ1) is 20.2. The normalized spacial score (nSPS) is 15.0. The second kappa shape index (κ2) is 8.62. The predicted octanol–water partition coefficient (Wildman–Crippen LogP) is 2.58. The Balaban J connectivity index is 1.63. The molecule has 1 aromatic carbocycles. The minimum atomic E-state index is -0.162. The smallest absolute Gasteiger partial charge is 0.239 e. The number of hydrogen-bond acceptors (Lipinski definition) is 6. The van der Waals surface area contributed by atoms with Crippen LogP contribution in [0.1, 0.15) is 34.6 Å². The highest BCUT2D eigenvalue weighted by molar-refractivity contribution is 9.10. The number of carbonyl (C=O) groups is 2.